The molecule has 0 radical (unpaired) electrons. The summed E-state index contributed by atoms with van der Waals surface area (Å²) in [7, 11) is 1.90. The number of aryl methyl sites for hydroxylation is 1. The molecule has 0 saturated carbocycles. The van der Waals surface area contributed by atoms with E-state index >= 15 is 0 Å². The van der Waals surface area contributed by atoms with E-state index in [0.717, 1.165) is 22.3 Å². The number of anilines is 4. The molecule has 132 valence electrons. The van der Waals surface area contributed by atoms with Crippen molar-refractivity contribution in [1.29, 1.82) is 5.26 Å². The number of aromatic nitrogens is 4. The number of H-pyrrole nitrogens is 1. The lowest BCUT2D eigenvalue weighted by Gasteiger charge is -2.19. The molecular weight excluding hydrogens is 338 g/mol. The van der Waals surface area contributed by atoms with Crippen LogP contribution >= 0.6 is 0 Å². The number of nitrogens with one attached hydrogen (secondary N) is 2. The molecule has 0 bridgehead atoms. The maximum atomic E-state index is 8.98. The smallest absolute Gasteiger partial charge is 0.232 e. The first-order valence-corrected chi connectivity index (χ1v) is 8.44. The molecule has 7 heteroatoms. The van der Waals surface area contributed by atoms with Crippen LogP contribution in [-0.4, -0.2) is 27.2 Å². The van der Waals surface area contributed by atoms with E-state index < -0.39 is 0 Å². The average molecular weight is 355 g/mol. The molecule has 27 heavy (non-hydrogen) atoms. The fourth-order valence-electron chi connectivity index (χ4n) is 2.79. The molecule has 0 unspecified atom stereocenters. The van der Waals surface area contributed by atoms with Crippen LogP contribution < -0.4 is 10.2 Å². The number of aromatic amines is 1. The molecule has 0 aliphatic heterocycles. The summed E-state index contributed by atoms with van der Waals surface area (Å²) in [5, 5.41) is 20.3. The molecule has 0 atom stereocenters. The number of nitrogens with zero attached hydrogens (tertiary/aromatic N) is 5. The summed E-state index contributed by atoms with van der Waals surface area (Å²) in [6.07, 6.45) is 0. The largest absolute Gasteiger partial charge is 0.323 e. The number of nitriles is 1. The number of hydrogen-bond donors (Lipinski definition) is 2. The second-order valence-electron chi connectivity index (χ2n) is 6.17. The van der Waals surface area contributed by atoms with Crippen molar-refractivity contribution in [2.24, 2.45) is 0 Å². The molecule has 2 heterocycles. The zero-order valence-corrected chi connectivity index (χ0v) is 14.9. The van der Waals surface area contributed by atoms with Gasteiger partial charge in [0, 0.05) is 29.9 Å². The molecule has 0 aliphatic carbocycles. The van der Waals surface area contributed by atoms with Crippen LogP contribution in [0.15, 0.2) is 54.6 Å². The third-order valence-electron chi connectivity index (χ3n) is 4.23. The van der Waals surface area contributed by atoms with E-state index in [-0.39, 0.29) is 0 Å². The summed E-state index contributed by atoms with van der Waals surface area (Å²) in [6, 6.07) is 19.2. The van der Waals surface area contributed by atoms with Crippen LogP contribution in [0.2, 0.25) is 0 Å². The van der Waals surface area contributed by atoms with Crippen molar-refractivity contribution in [3.05, 3.63) is 65.9 Å². The lowest BCUT2D eigenvalue weighted by molar-refractivity contribution is 1.04. The highest BCUT2D eigenvalue weighted by molar-refractivity contribution is 5.91. The van der Waals surface area contributed by atoms with Gasteiger partial charge in [-0.2, -0.15) is 15.3 Å². The summed E-state index contributed by atoms with van der Waals surface area (Å²) >= 11 is 0. The molecule has 0 spiro atoms. The molecular formula is C20H17N7. The number of rotatable bonds is 4. The van der Waals surface area contributed by atoms with E-state index in [1.165, 1.54) is 0 Å². The van der Waals surface area contributed by atoms with E-state index in [1.54, 1.807) is 12.1 Å². The van der Waals surface area contributed by atoms with Gasteiger partial charge in [0.2, 0.25) is 5.95 Å². The Morgan fingerprint density at radius 3 is 2.56 bits per heavy atom. The first kappa shape index (κ1) is 16.5. The maximum Gasteiger partial charge on any atom is 0.232 e. The second kappa shape index (κ2) is 6.77. The van der Waals surface area contributed by atoms with Gasteiger partial charge in [-0.3, -0.25) is 5.10 Å². The summed E-state index contributed by atoms with van der Waals surface area (Å²) in [5.74, 6) is 1.93. The molecule has 2 N–H and O–H groups in total. The van der Waals surface area contributed by atoms with E-state index in [4.69, 9.17) is 10.2 Å². The van der Waals surface area contributed by atoms with Crippen molar-refractivity contribution in [3.63, 3.8) is 0 Å². The molecule has 4 rings (SSSR count). The van der Waals surface area contributed by atoms with E-state index in [2.05, 4.69) is 26.6 Å². The first-order valence-electron chi connectivity index (χ1n) is 8.44. The van der Waals surface area contributed by atoms with Crippen LogP contribution in [0.4, 0.5) is 23.3 Å². The Morgan fingerprint density at radius 2 is 1.85 bits per heavy atom. The third-order valence-corrected chi connectivity index (χ3v) is 4.23. The van der Waals surface area contributed by atoms with Crippen LogP contribution in [0.3, 0.4) is 0 Å². The highest BCUT2D eigenvalue weighted by Crippen LogP contribution is 2.28. The Balaban J connectivity index is 1.77. The third kappa shape index (κ3) is 3.28. The lowest BCUT2D eigenvalue weighted by atomic mass is 10.2. The Hall–Kier alpha value is -3.92. The van der Waals surface area contributed by atoms with Crippen molar-refractivity contribution in [3.8, 4) is 6.07 Å². The van der Waals surface area contributed by atoms with Gasteiger partial charge < -0.3 is 10.2 Å². The van der Waals surface area contributed by atoms with Gasteiger partial charge in [0.15, 0.2) is 5.82 Å². The second-order valence-corrected chi connectivity index (χ2v) is 6.17. The Bertz CT molecular complexity index is 1140. The topological polar surface area (TPSA) is 93.5 Å². The predicted molar refractivity (Wildman–Crippen MR) is 105 cm³/mol. The Morgan fingerprint density at radius 1 is 1.07 bits per heavy atom. The van der Waals surface area contributed by atoms with Gasteiger partial charge in [0.25, 0.3) is 0 Å². The molecule has 4 aromatic rings. The summed E-state index contributed by atoms with van der Waals surface area (Å²) < 4.78 is 0. The molecule has 0 saturated heterocycles. The van der Waals surface area contributed by atoms with E-state index in [9.17, 15) is 0 Å². The lowest BCUT2D eigenvalue weighted by Crippen LogP contribution is -2.14. The zero-order valence-electron chi connectivity index (χ0n) is 14.9. The van der Waals surface area contributed by atoms with Crippen LogP contribution in [0.1, 0.15) is 11.3 Å². The minimum atomic E-state index is 0.549. The monoisotopic (exact) mass is 355 g/mol. The highest BCUT2D eigenvalue weighted by atomic mass is 15.3. The van der Waals surface area contributed by atoms with Crippen LogP contribution in [0, 0.1) is 18.3 Å². The van der Waals surface area contributed by atoms with E-state index in [0.29, 0.717) is 23.1 Å². The van der Waals surface area contributed by atoms with Gasteiger partial charge >= 0.3 is 0 Å². The maximum absolute atomic E-state index is 8.98. The summed E-state index contributed by atoms with van der Waals surface area (Å²) in [6.45, 7) is 1.94. The van der Waals surface area contributed by atoms with Crippen molar-refractivity contribution < 1.29 is 0 Å². The summed E-state index contributed by atoms with van der Waals surface area (Å²) in [5.41, 5.74) is 3.30. The highest BCUT2D eigenvalue weighted by Gasteiger charge is 2.13. The van der Waals surface area contributed by atoms with Crippen LogP contribution in [0.5, 0.6) is 0 Å². The number of benzene rings is 2. The van der Waals surface area contributed by atoms with Crippen molar-refractivity contribution in [2.75, 3.05) is 17.3 Å². The SMILES string of the molecule is Cc1cc(Nc2nc(N(C)c3ccc(C#N)cc3)nc3ccccc23)n[nH]1. The van der Waals surface area contributed by atoms with Gasteiger partial charge in [0.1, 0.15) is 5.82 Å². The molecule has 2 aromatic heterocycles. The normalized spacial score (nSPS) is 10.6. The predicted octanol–water partition coefficient (Wildman–Crippen LogP) is 4.04. The molecule has 0 amide bonds. The van der Waals surface area contributed by atoms with Gasteiger partial charge in [0.05, 0.1) is 17.1 Å². The van der Waals surface area contributed by atoms with Gasteiger partial charge in [-0.15, -0.1) is 0 Å². The van der Waals surface area contributed by atoms with Gasteiger partial charge in [-0.1, -0.05) is 12.1 Å². The Labute approximate surface area is 156 Å². The van der Waals surface area contributed by atoms with Crippen molar-refractivity contribution in [2.45, 2.75) is 6.92 Å². The average Bonchev–Trinajstić information content (AvgIpc) is 3.12. The number of fused-ring (bicyclic) bond motifs is 1. The fraction of sp³-hybridized carbons (Fsp3) is 0.100. The molecule has 7 nitrogen and oxygen atoms in total. The minimum Gasteiger partial charge on any atom is -0.323 e. The molecule has 0 fully saturated rings. The summed E-state index contributed by atoms with van der Waals surface area (Å²) in [4.78, 5) is 11.3. The van der Waals surface area contributed by atoms with Crippen molar-refractivity contribution in [1.82, 2.24) is 20.2 Å². The van der Waals surface area contributed by atoms with Crippen molar-refractivity contribution >= 4 is 34.2 Å². The minimum absolute atomic E-state index is 0.549. The molecule has 0 aliphatic rings. The zero-order chi connectivity index (χ0) is 18.8. The quantitative estimate of drug-likeness (QED) is 0.574. The van der Waals surface area contributed by atoms with Gasteiger partial charge in [-0.05, 0) is 43.3 Å². The number of para-hydroxylation sites is 1. The van der Waals surface area contributed by atoms with Crippen LogP contribution in [-0.2, 0) is 0 Å². The number of hydrogen-bond acceptors (Lipinski definition) is 6. The standard InChI is InChI=1S/C20H17N7/c1-13-11-18(26-25-13)23-19-16-5-3-4-6-17(16)22-20(24-19)27(2)15-9-7-14(12-21)8-10-15/h3-11H,1-2H3,(H2,22,23,24,25,26). The van der Waals surface area contributed by atoms with Gasteiger partial charge in [-0.25, -0.2) is 4.98 Å². The molecule has 2 aromatic carbocycles. The fourth-order valence-corrected chi connectivity index (χ4v) is 2.79. The van der Waals surface area contributed by atoms with Crippen LogP contribution in [0.25, 0.3) is 10.9 Å². The Kier molecular flexibility index (Phi) is 4.15. The van der Waals surface area contributed by atoms with E-state index in [1.807, 2.05) is 61.3 Å². The first-order chi connectivity index (χ1) is 13.1.